The summed E-state index contributed by atoms with van der Waals surface area (Å²) in [5, 5.41) is 10.5. The van der Waals surface area contributed by atoms with Gasteiger partial charge in [0.2, 0.25) is 0 Å². The average molecular weight is 210 g/mol. The van der Waals surface area contributed by atoms with Crippen molar-refractivity contribution in [3.63, 3.8) is 0 Å². The fourth-order valence-corrected chi connectivity index (χ4v) is 1.17. The Kier molecular flexibility index (Phi) is 4.08. The number of carboxylic acid groups (broad SMARTS) is 1. The van der Waals surface area contributed by atoms with E-state index in [1.165, 1.54) is 6.20 Å². The van der Waals surface area contributed by atoms with Crippen LogP contribution in [0.4, 0.5) is 0 Å². The summed E-state index contributed by atoms with van der Waals surface area (Å²) in [6.07, 6.45) is 1.25. The van der Waals surface area contributed by atoms with Crippen molar-refractivity contribution < 1.29 is 39.5 Å². The fourth-order valence-electron chi connectivity index (χ4n) is 1.17. The van der Waals surface area contributed by atoms with Crippen LogP contribution in [0.2, 0.25) is 0 Å². The van der Waals surface area contributed by atoms with Crippen molar-refractivity contribution in [3.05, 3.63) is 42.2 Å². The molecule has 70 valence electrons. The first-order valence-electron chi connectivity index (χ1n) is 4.09. The summed E-state index contributed by atoms with van der Waals surface area (Å²) in [4.78, 5) is 17.1. The van der Waals surface area contributed by atoms with E-state index >= 15 is 0 Å². The van der Waals surface area contributed by atoms with E-state index < -0.39 is 5.97 Å². The van der Waals surface area contributed by atoms with Crippen molar-refractivity contribution in [1.82, 2.24) is 9.97 Å². The number of nitrogens with zero attached hydrogens (tertiary/aromatic N) is 1. The molecule has 1 N–H and O–H groups in total. The van der Waals surface area contributed by atoms with E-state index in [4.69, 9.17) is 0 Å². The van der Waals surface area contributed by atoms with E-state index in [0.717, 1.165) is 5.56 Å². The Morgan fingerprint density at radius 2 is 1.93 bits per heavy atom. The number of carbonyl (C=O) groups excluding carboxylic acids is 1. The van der Waals surface area contributed by atoms with Crippen molar-refractivity contribution in [2.24, 2.45) is 0 Å². The summed E-state index contributed by atoms with van der Waals surface area (Å²) in [7, 11) is 0. The van der Waals surface area contributed by atoms with Gasteiger partial charge in [-0.2, -0.15) is 0 Å². The molecule has 0 spiro atoms. The molecule has 0 saturated heterocycles. The largest absolute Gasteiger partial charge is 1.00 e. The van der Waals surface area contributed by atoms with Crippen LogP contribution in [0.5, 0.6) is 0 Å². The normalized spacial score (nSPS) is 9.33. The molecule has 1 aromatic carbocycles. The van der Waals surface area contributed by atoms with Crippen molar-refractivity contribution >= 4 is 5.97 Å². The molecule has 1 heterocycles. The average Bonchev–Trinajstić information content (AvgIpc) is 2.68. The van der Waals surface area contributed by atoms with Gasteiger partial charge in [-0.25, -0.2) is 4.98 Å². The van der Waals surface area contributed by atoms with Crippen LogP contribution in [0.25, 0.3) is 11.4 Å². The number of aromatic amines is 1. The van der Waals surface area contributed by atoms with Crippen LogP contribution < -0.4 is 34.7 Å². The van der Waals surface area contributed by atoms with Crippen LogP contribution in [0, 0.1) is 0 Å². The molecule has 0 aliphatic heterocycles. The van der Waals surface area contributed by atoms with Crippen LogP contribution in [0.3, 0.4) is 0 Å². The van der Waals surface area contributed by atoms with Gasteiger partial charge in [-0.3, -0.25) is 0 Å². The maximum absolute atomic E-state index is 10.5. The summed E-state index contributed by atoms with van der Waals surface area (Å²) in [5.74, 6) is -0.718. The molecule has 0 saturated carbocycles. The van der Waals surface area contributed by atoms with Crippen LogP contribution in [-0.4, -0.2) is 15.9 Å². The van der Waals surface area contributed by atoms with Crippen molar-refractivity contribution in [1.29, 1.82) is 0 Å². The van der Waals surface area contributed by atoms with Crippen molar-refractivity contribution in [2.45, 2.75) is 0 Å². The summed E-state index contributed by atoms with van der Waals surface area (Å²) in [6, 6.07) is 9.29. The molecular formula is C10H7N2NaO2. The van der Waals surface area contributed by atoms with Crippen molar-refractivity contribution in [2.75, 3.05) is 0 Å². The predicted molar refractivity (Wildman–Crippen MR) is 48.4 cm³/mol. The first kappa shape index (κ1) is 12.0. The van der Waals surface area contributed by atoms with Gasteiger partial charge in [0.15, 0.2) is 0 Å². The van der Waals surface area contributed by atoms with Gasteiger partial charge in [0, 0.05) is 5.56 Å². The topological polar surface area (TPSA) is 68.8 Å². The molecule has 0 aliphatic rings. The molecule has 1 aromatic heterocycles. The molecule has 5 heteroatoms. The molecule has 0 aliphatic carbocycles. The molecule has 2 aromatic rings. The second kappa shape index (κ2) is 5.11. The van der Waals surface area contributed by atoms with E-state index in [1.807, 2.05) is 30.3 Å². The summed E-state index contributed by atoms with van der Waals surface area (Å²) in [5.41, 5.74) is 0.837. The van der Waals surface area contributed by atoms with E-state index in [0.29, 0.717) is 5.82 Å². The van der Waals surface area contributed by atoms with E-state index in [9.17, 15) is 9.90 Å². The molecule has 2 rings (SSSR count). The quantitative estimate of drug-likeness (QED) is 0.554. The molecule has 0 amide bonds. The Hall–Kier alpha value is -1.10. The molecule has 0 radical (unpaired) electrons. The number of carbonyl (C=O) groups is 1. The molecule has 0 bridgehead atoms. The maximum atomic E-state index is 10.5. The number of rotatable bonds is 2. The molecule has 0 atom stereocenters. The molecule has 15 heavy (non-hydrogen) atoms. The number of hydrogen-bond acceptors (Lipinski definition) is 3. The molecule has 4 nitrogen and oxygen atoms in total. The van der Waals surface area contributed by atoms with Crippen LogP contribution in [0.15, 0.2) is 36.5 Å². The third-order valence-corrected chi connectivity index (χ3v) is 1.84. The Labute approximate surface area is 109 Å². The zero-order chi connectivity index (χ0) is 9.97. The third kappa shape index (κ3) is 2.68. The standard InChI is InChI=1S/C10H8N2O2.Na/c13-10(14)8-6-11-9(12-8)7-4-2-1-3-5-7;/h1-6H,(H,11,12)(H,13,14);/q;+1/p-1. The van der Waals surface area contributed by atoms with Gasteiger partial charge in [0.05, 0.1) is 17.9 Å². The number of aromatic carboxylic acids is 1. The predicted octanol–water partition coefficient (Wildman–Crippen LogP) is -2.56. The maximum Gasteiger partial charge on any atom is 1.00 e. The summed E-state index contributed by atoms with van der Waals surface area (Å²) >= 11 is 0. The minimum absolute atomic E-state index is 0. The summed E-state index contributed by atoms with van der Waals surface area (Å²) in [6.45, 7) is 0. The van der Waals surface area contributed by atoms with Gasteiger partial charge in [-0.1, -0.05) is 30.3 Å². The third-order valence-electron chi connectivity index (χ3n) is 1.84. The number of carboxylic acids is 1. The van der Waals surface area contributed by atoms with E-state index in [2.05, 4.69) is 9.97 Å². The number of aromatic nitrogens is 2. The van der Waals surface area contributed by atoms with Crippen LogP contribution in [-0.2, 0) is 0 Å². The first-order valence-corrected chi connectivity index (χ1v) is 4.09. The Morgan fingerprint density at radius 1 is 1.27 bits per heavy atom. The number of hydrogen-bond donors (Lipinski definition) is 1. The van der Waals surface area contributed by atoms with Gasteiger partial charge in [0.1, 0.15) is 5.82 Å². The number of nitrogens with one attached hydrogen (secondary N) is 1. The van der Waals surface area contributed by atoms with E-state index in [-0.39, 0.29) is 35.3 Å². The summed E-state index contributed by atoms with van der Waals surface area (Å²) < 4.78 is 0. The Bertz CT molecular complexity index is 453. The number of imidazole rings is 1. The fraction of sp³-hybridized carbons (Fsp3) is 0. The zero-order valence-electron chi connectivity index (χ0n) is 8.23. The zero-order valence-corrected chi connectivity index (χ0v) is 10.2. The van der Waals surface area contributed by atoms with Crippen molar-refractivity contribution in [3.8, 4) is 11.4 Å². The number of benzene rings is 1. The van der Waals surface area contributed by atoms with Gasteiger partial charge in [0.25, 0.3) is 0 Å². The van der Waals surface area contributed by atoms with Crippen LogP contribution in [0.1, 0.15) is 10.5 Å². The molecule has 0 unspecified atom stereocenters. The SMILES string of the molecule is O=C([O-])c1cnc(-c2ccccc2)[nH]1.[Na+]. The van der Waals surface area contributed by atoms with E-state index in [1.54, 1.807) is 0 Å². The minimum Gasteiger partial charge on any atom is -0.543 e. The first-order chi connectivity index (χ1) is 6.77. The van der Waals surface area contributed by atoms with Gasteiger partial charge < -0.3 is 14.9 Å². The van der Waals surface area contributed by atoms with Gasteiger partial charge in [-0.15, -0.1) is 0 Å². The van der Waals surface area contributed by atoms with Gasteiger partial charge >= 0.3 is 29.6 Å². The Balaban J connectivity index is 0.00000112. The monoisotopic (exact) mass is 210 g/mol. The molecule has 0 fully saturated rings. The number of H-pyrrole nitrogens is 1. The second-order valence-corrected chi connectivity index (χ2v) is 2.80. The van der Waals surface area contributed by atoms with Crippen LogP contribution >= 0.6 is 0 Å². The molecular weight excluding hydrogens is 203 g/mol. The minimum atomic E-state index is -1.25. The Morgan fingerprint density at radius 3 is 2.47 bits per heavy atom. The second-order valence-electron chi connectivity index (χ2n) is 2.80. The smallest absolute Gasteiger partial charge is 0.543 e. The van der Waals surface area contributed by atoms with Gasteiger partial charge in [-0.05, 0) is 0 Å².